The van der Waals surface area contributed by atoms with E-state index in [0.717, 1.165) is 37.0 Å². The molecule has 2 fully saturated rings. The van der Waals surface area contributed by atoms with Gasteiger partial charge in [-0.15, -0.1) is 10.2 Å². The molecule has 8 nitrogen and oxygen atoms in total. The molecule has 0 unspecified atom stereocenters. The number of ether oxygens (including phenoxy) is 1. The second-order valence-electron chi connectivity index (χ2n) is 9.67. The van der Waals surface area contributed by atoms with Gasteiger partial charge in [0.2, 0.25) is 11.0 Å². The van der Waals surface area contributed by atoms with Gasteiger partial charge < -0.3 is 9.64 Å². The number of methoxy groups -OCH3 is 1. The van der Waals surface area contributed by atoms with Crippen LogP contribution >= 0.6 is 11.3 Å². The first-order chi connectivity index (χ1) is 18.2. The summed E-state index contributed by atoms with van der Waals surface area (Å²) in [6.45, 7) is 1.90. The van der Waals surface area contributed by atoms with E-state index in [-0.39, 0.29) is 27.9 Å². The van der Waals surface area contributed by atoms with Crippen LogP contribution in [-0.4, -0.2) is 41.2 Å². The topological polar surface area (TPSA) is 97.3 Å². The SMILES string of the molecule is COc1cnc(C(F)F)cc1-c1cc(N(C)C(=O)C2(C)CC2)ccc1C(=O)Nc1nnc(C#CC2CC2)s1. The summed E-state index contributed by atoms with van der Waals surface area (Å²) in [5.41, 5.74) is 0.366. The summed E-state index contributed by atoms with van der Waals surface area (Å²) in [5.74, 6) is 6.10. The van der Waals surface area contributed by atoms with Crippen LogP contribution in [-0.2, 0) is 4.79 Å². The second kappa shape index (κ2) is 10.1. The Kier molecular flexibility index (Phi) is 6.84. The Balaban J connectivity index is 1.53. The minimum absolute atomic E-state index is 0.0516. The van der Waals surface area contributed by atoms with Crippen LogP contribution in [0.2, 0.25) is 0 Å². The first-order valence-electron chi connectivity index (χ1n) is 12.1. The van der Waals surface area contributed by atoms with E-state index in [1.807, 2.05) is 6.92 Å². The number of nitrogens with one attached hydrogen (secondary N) is 1. The molecule has 0 bridgehead atoms. The molecule has 2 heterocycles. The van der Waals surface area contributed by atoms with E-state index in [9.17, 15) is 18.4 Å². The Morgan fingerprint density at radius 2 is 1.97 bits per heavy atom. The van der Waals surface area contributed by atoms with E-state index in [4.69, 9.17) is 4.74 Å². The fourth-order valence-corrected chi connectivity index (χ4v) is 4.52. The molecule has 0 radical (unpaired) electrons. The molecule has 5 rings (SSSR count). The number of carbonyl (C=O) groups excluding carboxylic acids is 2. The van der Waals surface area contributed by atoms with Gasteiger partial charge >= 0.3 is 0 Å². The van der Waals surface area contributed by atoms with Crippen molar-refractivity contribution in [1.29, 1.82) is 0 Å². The lowest BCUT2D eigenvalue weighted by atomic mass is 9.97. The zero-order valence-corrected chi connectivity index (χ0v) is 21.9. The molecule has 2 aliphatic carbocycles. The van der Waals surface area contributed by atoms with Crippen molar-refractivity contribution in [3.05, 3.63) is 46.7 Å². The number of alkyl halides is 2. The van der Waals surface area contributed by atoms with Crippen LogP contribution in [0.1, 0.15) is 60.1 Å². The van der Waals surface area contributed by atoms with Crippen LogP contribution in [0.25, 0.3) is 11.1 Å². The fraction of sp³-hybridized carbons (Fsp3) is 0.370. The number of pyridine rings is 1. The molecule has 2 aliphatic rings. The highest BCUT2D eigenvalue weighted by Crippen LogP contribution is 2.47. The van der Waals surface area contributed by atoms with Gasteiger partial charge in [0.1, 0.15) is 11.4 Å². The van der Waals surface area contributed by atoms with Crippen molar-refractivity contribution in [2.75, 3.05) is 24.4 Å². The van der Waals surface area contributed by atoms with E-state index in [1.165, 1.54) is 24.3 Å². The molecule has 0 saturated heterocycles. The molecular formula is C27H25F2N5O3S. The molecule has 38 heavy (non-hydrogen) atoms. The number of hydrogen-bond donors (Lipinski definition) is 1. The lowest BCUT2D eigenvalue weighted by molar-refractivity contribution is -0.122. The van der Waals surface area contributed by atoms with Crippen LogP contribution < -0.4 is 15.0 Å². The van der Waals surface area contributed by atoms with Crippen LogP contribution in [0.4, 0.5) is 19.6 Å². The lowest BCUT2D eigenvalue weighted by Crippen LogP contribution is -2.32. The Hall–Kier alpha value is -3.91. The van der Waals surface area contributed by atoms with Crippen LogP contribution in [0.3, 0.4) is 0 Å². The van der Waals surface area contributed by atoms with Crippen molar-refractivity contribution in [3.63, 3.8) is 0 Å². The predicted molar refractivity (Wildman–Crippen MR) is 139 cm³/mol. The average Bonchev–Trinajstić information content (AvgIpc) is 3.85. The number of carbonyl (C=O) groups is 2. The first-order valence-corrected chi connectivity index (χ1v) is 12.9. The van der Waals surface area contributed by atoms with E-state index in [2.05, 4.69) is 32.3 Å². The summed E-state index contributed by atoms with van der Waals surface area (Å²) < 4.78 is 32.5. The standard InChI is InChI=1S/C27H25F2N5O3S/c1-27(10-11-27)25(36)34(2)16-7-8-17(18(12-16)19-13-20(23(28)29)30-14-21(19)37-3)24(35)31-26-33-32-22(38-26)9-6-15-4-5-15/h7-8,12-15,23H,4-5,10-11H2,1-3H3,(H,31,33,35). The summed E-state index contributed by atoms with van der Waals surface area (Å²) in [7, 11) is 3.05. The number of anilines is 2. The van der Waals surface area contributed by atoms with Crippen molar-refractivity contribution >= 4 is 34.0 Å². The Bertz CT molecular complexity index is 1470. The zero-order chi connectivity index (χ0) is 27.0. The number of aromatic nitrogens is 3. The maximum absolute atomic E-state index is 13.6. The minimum atomic E-state index is -2.82. The van der Waals surface area contributed by atoms with Gasteiger partial charge in [-0.05, 0) is 55.9 Å². The summed E-state index contributed by atoms with van der Waals surface area (Å²) in [6.07, 6.45) is 2.14. The van der Waals surface area contributed by atoms with Gasteiger partial charge in [-0.3, -0.25) is 19.9 Å². The molecule has 2 amide bonds. The largest absolute Gasteiger partial charge is 0.494 e. The van der Waals surface area contributed by atoms with Crippen molar-refractivity contribution in [2.24, 2.45) is 11.3 Å². The van der Waals surface area contributed by atoms with Crippen molar-refractivity contribution in [1.82, 2.24) is 15.2 Å². The van der Waals surface area contributed by atoms with Crippen LogP contribution in [0, 0.1) is 23.2 Å². The molecule has 3 aromatic rings. The van der Waals surface area contributed by atoms with Gasteiger partial charge in [-0.2, -0.15) is 0 Å². The Morgan fingerprint density at radius 1 is 1.21 bits per heavy atom. The molecule has 0 aliphatic heterocycles. The molecule has 1 N–H and O–H groups in total. The summed E-state index contributed by atoms with van der Waals surface area (Å²) >= 11 is 1.15. The minimum Gasteiger partial charge on any atom is -0.494 e. The maximum atomic E-state index is 13.6. The van der Waals surface area contributed by atoms with Gasteiger partial charge in [-0.1, -0.05) is 24.2 Å². The zero-order valence-electron chi connectivity index (χ0n) is 21.0. The normalized spacial score (nSPS) is 15.4. The van der Waals surface area contributed by atoms with Crippen LogP contribution in [0.15, 0.2) is 30.5 Å². The number of nitrogens with zero attached hydrogens (tertiary/aromatic N) is 4. The molecule has 2 saturated carbocycles. The van der Waals surface area contributed by atoms with Gasteiger partial charge in [0.25, 0.3) is 12.3 Å². The molecular weight excluding hydrogens is 512 g/mol. The summed E-state index contributed by atoms with van der Waals surface area (Å²) in [5, 5.41) is 11.5. The van der Waals surface area contributed by atoms with Gasteiger partial charge in [0, 0.05) is 40.8 Å². The number of benzene rings is 1. The maximum Gasteiger partial charge on any atom is 0.280 e. The number of rotatable bonds is 7. The van der Waals surface area contributed by atoms with Crippen LogP contribution in [0.5, 0.6) is 5.75 Å². The van der Waals surface area contributed by atoms with Gasteiger partial charge in [0.05, 0.1) is 13.3 Å². The quantitative estimate of drug-likeness (QED) is 0.410. The van der Waals surface area contributed by atoms with Crippen molar-refractivity contribution < 1.29 is 23.1 Å². The van der Waals surface area contributed by atoms with Crippen molar-refractivity contribution in [3.8, 4) is 28.7 Å². The van der Waals surface area contributed by atoms with E-state index < -0.39 is 23.4 Å². The van der Waals surface area contributed by atoms with Crippen molar-refractivity contribution in [2.45, 2.75) is 39.0 Å². The monoisotopic (exact) mass is 537 g/mol. The lowest BCUT2D eigenvalue weighted by Gasteiger charge is -2.23. The molecule has 0 spiro atoms. The third kappa shape index (κ3) is 5.36. The van der Waals surface area contributed by atoms with E-state index >= 15 is 0 Å². The summed E-state index contributed by atoms with van der Waals surface area (Å²) in [6, 6.07) is 6.02. The van der Waals surface area contributed by atoms with Gasteiger partial charge in [0.15, 0.2) is 5.01 Å². The third-order valence-corrected chi connectivity index (χ3v) is 7.44. The predicted octanol–water partition coefficient (Wildman–Crippen LogP) is 5.32. The molecule has 11 heteroatoms. The Labute approximate surface area is 222 Å². The highest BCUT2D eigenvalue weighted by Gasteiger charge is 2.46. The Morgan fingerprint density at radius 3 is 2.63 bits per heavy atom. The smallest absolute Gasteiger partial charge is 0.280 e. The van der Waals surface area contributed by atoms with E-state index in [0.29, 0.717) is 22.2 Å². The summed E-state index contributed by atoms with van der Waals surface area (Å²) in [4.78, 5) is 31.7. The molecule has 2 aromatic heterocycles. The number of halogens is 2. The molecule has 0 atom stereocenters. The number of amides is 2. The fourth-order valence-electron chi connectivity index (χ4n) is 3.92. The first kappa shape index (κ1) is 25.7. The van der Waals surface area contributed by atoms with E-state index in [1.54, 1.807) is 25.2 Å². The highest BCUT2D eigenvalue weighted by molar-refractivity contribution is 7.15. The molecule has 1 aromatic carbocycles. The average molecular weight is 538 g/mol. The number of hydrogen-bond acceptors (Lipinski definition) is 7. The molecule has 196 valence electrons. The third-order valence-electron chi connectivity index (χ3n) is 6.68. The second-order valence-corrected chi connectivity index (χ2v) is 10.7. The van der Waals surface area contributed by atoms with Gasteiger partial charge in [-0.25, -0.2) is 8.78 Å². The highest BCUT2D eigenvalue weighted by atomic mass is 32.1.